The Morgan fingerprint density at radius 1 is 1.29 bits per heavy atom. The van der Waals surface area contributed by atoms with Crippen LogP contribution in [0.5, 0.6) is 5.75 Å². The van der Waals surface area contributed by atoms with Crippen molar-refractivity contribution in [3.8, 4) is 5.75 Å². The van der Waals surface area contributed by atoms with Gasteiger partial charge in [0.05, 0.1) is 17.1 Å². The van der Waals surface area contributed by atoms with E-state index in [4.69, 9.17) is 17.0 Å². The molecular formula is C20H15FN2O3S2. The van der Waals surface area contributed by atoms with Gasteiger partial charge in [-0.15, -0.1) is 0 Å². The van der Waals surface area contributed by atoms with Gasteiger partial charge in [0.15, 0.2) is 6.61 Å². The highest BCUT2D eigenvalue weighted by Gasteiger charge is 2.27. The first kappa shape index (κ1) is 18.6. The van der Waals surface area contributed by atoms with E-state index in [0.29, 0.717) is 32.8 Å². The number of anilines is 1. The fraction of sp³-hybridized carbons (Fsp3) is 0.150. The highest BCUT2D eigenvalue weighted by molar-refractivity contribution is 8.26. The lowest BCUT2D eigenvalue weighted by Crippen LogP contribution is -2.38. The SMILES string of the molecule is Cc1cc(CN2C(=O)COc3ccc(C=C4SC(=S)NC4=O)cc32)ccc1F. The van der Waals surface area contributed by atoms with E-state index in [1.54, 1.807) is 42.2 Å². The molecule has 1 fully saturated rings. The van der Waals surface area contributed by atoms with Crippen LogP contribution in [0.4, 0.5) is 10.1 Å². The average Bonchev–Trinajstić information content (AvgIpc) is 2.97. The summed E-state index contributed by atoms with van der Waals surface area (Å²) in [4.78, 5) is 26.5. The minimum absolute atomic E-state index is 0.0554. The summed E-state index contributed by atoms with van der Waals surface area (Å²) in [7, 11) is 0. The van der Waals surface area contributed by atoms with Crippen LogP contribution in [0.25, 0.3) is 6.08 Å². The molecule has 0 unspecified atom stereocenters. The first-order chi connectivity index (χ1) is 13.4. The minimum Gasteiger partial charge on any atom is -0.482 e. The van der Waals surface area contributed by atoms with Crippen molar-refractivity contribution in [1.82, 2.24) is 5.32 Å². The number of ether oxygens (including phenoxy) is 1. The van der Waals surface area contributed by atoms with Gasteiger partial charge in [-0.2, -0.15) is 0 Å². The third-order valence-electron chi connectivity index (χ3n) is 4.43. The Bertz CT molecular complexity index is 1050. The number of halogens is 1. The van der Waals surface area contributed by atoms with Crippen LogP contribution in [-0.2, 0) is 16.1 Å². The summed E-state index contributed by atoms with van der Waals surface area (Å²) in [5.74, 6) is -0.122. The fourth-order valence-electron chi connectivity index (χ4n) is 3.04. The van der Waals surface area contributed by atoms with Crippen LogP contribution in [0.3, 0.4) is 0 Å². The summed E-state index contributed by atoms with van der Waals surface area (Å²) in [6.45, 7) is 1.93. The van der Waals surface area contributed by atoms with Crippen molar-refractivity contribution in [2.75, 3.05) is 11.5 Å². The molecule has 2 heterocycles. The molecule has 28 heavy (non-hydrogen) atoms. The van der Waals surface area contributed by atoms with Crippen LogP contribution in [0.2, 0.25) is 0 Å². The van der Waals surface area contributed by atoms with Gasteiger partial charge in [-0.25, -0.2) is 4.39 Å². The van der Waals surface area contributed by atoms with Crippen LogP contribution < -0.4 is 15.0 Å². The number of benzene rings is 2. The molecule has 142 valence electrons. The summed E-state index contributed by atoms with van der Waals surface area (Å²) in [6.07, 6.45) is 1.72. The molecule has 0 saturated carbocycles. The Labute approximate surface area is 170 Å². The Morgan fingerprint density at radius 2 is 2.11 bits per heavy atom. The first-order valence-electron chi connectivity index (χ1n) is 8.48. The van der Waals surface area contributed by atoms with Crippen LogP contribution in [0, 0.1) is 12.7 Å². The molecule has 0 radical (unpaired) electrons. The van der Waals surface area contributed by atoms with E-state index in [1.807, 2.05) is 6.07 Å². The predicted molar refractivity (Wildman–Crippen MR) is 111 cm³/mol. The number of thiocarbonyl (C=S) groups is 1. The molecule has 2 aromatic rings. The van der Waals surface area contributed by atoms with Crippen LogP contribution in [0.15, 0.2) is 41.3 Å². The summed E-state index contributed by atoms with van der Waals surface area (Å²) in [5.41, 5.74) is 2.70. The summed E-state index contributed by atoms with van der Waals surface area (Å²) < 4.78 is 19.5. The van der Waals surface area contributed by atoms with Crippen LogP contribution in [-0.4, -0.2) is 22.7 Å². The highest BCUT2D eigenvalue weighted by Crippen LogP contribution is 2.35. The van der Waals surface area contributed by atoms with Crippen molar-refractivity contribution in [1.29, 1.82) is 0 Å². The van der Waals surface area contributed by atoms with E-state index in [1.165, 1.54) is 17.8 Å². The van der Waals surface area contributed by atoms with Gasteiger partial charge in [0, 0.05) is 0 Å². The Kier molecular flexibility index (Phi) is 4.91. The lowest BCUT2D eigenvalue weighted by molar-refractivity contribution is -0.121. The fourth-order valence-corrected chi connectivity index (χ4v) is 4.09. The first-order valence-corrected chi connectivity index (χ1v) is 9.70. The minimum atomic E-state index is -0.281. The molecule has 0 aliphatic carbocycles. The topological polar surface area (TPSA) is 58.6 Å². The summed E-state index contributed by atoms with van der Waals surface area (Å²) >= 11 is 6.20. The molecule has 2 aliphatic heterocycles. The van der Waals surface area contributed by atoms with Crippen molar-refractivity contribution < 1.29 is 18.7 Å². The second kappa shape index (κ2) is 7.37. The Morgan fingerprint density at radius 3 is 2.82 bits per heavy atom. The van der Waals surface area contributed by atoms with E-state index < -0.39 is 0 Å². The summed E-state index contributed by atoms with van der Waals surface area (Å²) in [6, 6.07) is 10.2. The van der Waals surface area contributed by atoms with E-state index in [2.05, 4.69) is 5.32 Å². The van der Waals surface area contributed by atoms with Gasteiger partial charge in [0.1, 0.15) is 15.9 Å². The number of carbonyl (C=O) groups is 2. The van der Waals surface area contributed by atoms with Gasteiger partial charge in [0.25, 0.3) is 11.8 Å². The van der Waals surface area contributed by atoms with E-state index in [0.717, 1.165) is 11.1 Å². The largest absolute Gasteiger partial charge is 0.482 e. The van der Waals surface area contributed by atoms with Gasteiger partial charge in [-0.1, -0.05) is 42.2 Å². The number of nitrogens with one attached hydrogen (secondary N) is 1. The van der Waals surface area contributed by atoms with E-state index in [9.17, 15) is 14.0 Å². The van der Waals surface area contributed by atoms with Gasteiger partial charge < -0.3 is 15.0 Å². The van der Waals surface area contributed by atoms with Crippen LogP contribution in [0.1, 0.15) is 16.7 Å². The smallest absolute Gasteiger partial charge is 0.265 e. The second-order valence-electron chi connectivity index (χ2n) is 6.43. The van der Waals surface area contributed by atoms with Gasteiger partial charge >= 0.3 is 0 Å². The summed E-state index contributed by atoms with van der Waals surface area (Å²) in [5, 5.41) is 2.58. The number of hydrogen-bond donors (Lipinski definition) is 1. The maximum absolute atomic E-state index is 13.5. The molecular weight excluding hydrogens is 399 g/mol. The third kappa shape index (κ3) is 3.65. The van der Waals surface area contributed by atoms with Gasteiger partial charge in [-0.05, 0) is 47.9 Å². The normalized spacial score (nSPS) is 17.6. The maximum atomic E-state index is 13.5. The monoisotopic (exact) mass is 414 g/mol. The van der Waals surface area contributed by atoms with Crippen molar-refractivity contribution in [3.63, 3.8) is 0 Å². The van der Waals surface area contributed by atoms with Crippen molar-refractivity contribution in [2.45, 2.75) is 13.5 Å². The zero-order valence-electron chi connectivity index (χ0n) is 14.8. The molecule has 2 aromatic carbocycles. The molecule has 0 atom stereocenters. The Hall–Kier alpha value is -2.71. The molecule has 0 spiro atoms. The number of thioether (sulfide) groups is 1. The molecule has 1 N–H and O–H groups in total. The second-order valence-corrected chi connectivity index (χ2v) is 8.15. The highest BCUT2D eigenvalue weighted by atomic mass is 32.2. The zero-order valence-corrected chi connectivity index (χ0v) is 16.5. The molecule has 1 saturated heterocycles. The molecule has 2 amide bonds. The number of hydrogen-bond acceptors (Lipinski definition) is 5. The lowest BCUT2D eigenvalue weighted by Gasteiger charge is -2.30. The van der Waals surface area contributed by atoms with E-state index >= 15 is 0 Å². The van der Waals surface area contributed by atoms with Crippen molar-refractivity contribution in [2.24, 2.45) is 0 Å². The molecule has 0 bridgehead atoms. The number of aryl methyl sites for hydroxylation is 1. The molecule has 0 aromatic heterocycles. The molecule has 2 aliphatic rings. The van der Waals surface area contributed by atoms with Gasteiger partial charge in [-0.3, -0.25) is 9.59 Å². The number of fused-ring (bicyclic) bond motifs is 1. The van der Waals surface area contributed by atoms with E-state index in [-0.39, 0.29) is 24.2 Å². The van der Waals surface area contributed by atoms with Crippen LogP contribution >= 0.6 is 24.0 Å². The van der Waals surface area contributed by atoms with Crippen molar-refractivity contribution >= 4 is 51.9 Å². The zero-order chi connectivity index (χ0) is 19.8. The number of amides is 2. The molecule has 4 rings (SSSR count). The number of nitrogens with zero attached hydrogens (tertiary/aromatic N) is 1. The maximum Gasteiger partial charge on any atom is 0.265 e. The standard InChI is InChI=1S/C20H15FN2O3S2/c1-11-6-13(2-4-14(11)21)9-23-15-7-12(3-5-16(15)26-10-18(23)24)8-17-19(25)22-20(27)28-17/h2-8H,9-10H2,1H3,(H,22,25,27). The average molecular weight is 414 g/mol. The predicted octanol–water partition coefficient (Wildman–Crippen LogP) is 3.55. The quantitative estimate of drug-likeness (QED) is 0.615. The van der Waals surface area contributed by atoms with Gasteiger partial charge in [0.2, 0.25) is 0 Å². The Balaban J connectivity index is 1.68. The lowest BCUT2D eigenvalue weighted by atomic mass is 10.1. The third-order valence-corrected chi connectivity index (χ3v) is 5.59. The number of rotatable bonds is 3. The molecule has 8 heteroatoms. The number of carbonyl (C=O) groups excluding carboxylic acids is 2. The van der Waals surface area contributed by atoms with Crippen molar-refractivity contribution in [3.05, 3.63) is 63.8 Å². The molecule has 5 nitrogen and oxygen atoms in total.